The molecule has 1 saturated carbocycles. The molecule has 1 fully saturated rings. The van der Waals surface area contributed by atoms with Crippen molar-refractivity contribution in [3.8, 4) is 17.6 Å². The molecule has 0 aliphatic heterocycles. The molecule has 2 nitrogen and oxygen atoms in total. The fourth-order valence-electron chi connectivity index (χ4n) is 2.31. The summed E-state index contributed by atoms with van der Waals surface area (Å²) < 4.78 is 5.74. The maximum Gasteiger partial charge on any atom is 0.119 e. The molecule has 0 saturated heterocycles. The minimum Gasteiger partial charge on any atom is -0.493 e. The van der Waals surface area contributed by atoms with Crippen LogP contribution in [0.1, 0.15) is 12.8 Å². The van der Waals surface area contributed by atoms with E-state index >= 15 is 0 Å². The van der Waals surface area contributed by atoms with Gasteiger partial charge in [-0.25, -0.2) is 0 Å². The predicted octanol–water partition coefficient (Wildman–Crippen LogP) is 3.79. The lowest BCUT2D eigenvalue weighted by molar-refractivity contribution is 0.143. The first-order chi connectivity index (χ1) is 9.96. The first-order valence-electron chi connectivity index (χ1n) is 7.77. The van der Waals surface area contributed by atoms with Crippen LogP contribution in [-0.4, -0.2) is 25.9 Å². The van der Waals surface area contributed by atoms with Crippen LogP contribution in [-0.2, 0) is 0 Å². The Morgan fingerprint density at radius 1 is 1.24 bits per heavy atom. The molecule has 1 aromatic carbocycles. The van der Waals surface area contributed by atoms with Crippen molar-refractivity contribution in [3.63, 3.8) is 0 Å². The summed E-state index contributed by atoms with van der Waals surface area (Å²) in [5.41, 5.74) is 0. The van der Waals surface area contributed by atoms with Gasteiger partial charge in [-0.1, -0.05) is 37.8 Å². The zero-order valence-electron chi connectivity index (χ0n) is 13.3. The summed E-state index contributed by atoms with van der Waals surface area (Å²) in [6, 6.07) is 10.9. The Morgan fingerprint density at radius 2 is 1.95 bits per heavy atom. The van der Waals surface area contributed by atoms with Crippen LogP contribution in [0.2, 0.25) is 25.7 Å². The number of hydrogen-bond acceptors (Lipinski definition) is 2. The molecule has 1 aromatic rings. The highest BCUT2D eigenvalue weighted by atomic mass is 28.3. The van der Waals surface area contributed by atoms with Crippen molar-refractivity contribution in [1.29, 1.82) is 0 Å². The number of aliphatic hydroxyl groups is 1. The second-order valence-corrected chi connectivity index (χ2v) is 12.6. The van der Waals surface area contributed by atoms with Crippen LogP contribution in [0.3, 0.4) is 0 Å². The van der Waals surface area contributed by atoms with E-state index in [9.17, 15) is 5.11 Å². The minimum atomic E-state index is -1.08. The quantitative estimate of drug-likeness (QED) is 0.640. The Morgan fingerprint density at radius 3 is 2.62 bits per heavy atom. The van der Waals surface area contributed by atoms with Gasteiger partial charge >= 0.3 is 0 Å². The van der Waals surface area contributed by atoms with Gasteiger partial charge in [-0.05, 0) is 30.4 Å². The Bertz CT molecular complexity index is 495. The summed E-state index contributed by atoms with van der Waals surface area (Å²) in [4.78, 5) is 0. The number of para-hydroxylation sites is 1. The summed E-state index contributed by atoms with van der Waals surface area (Å²) in [7, 11) is -1.08. The molecule has 21 heavy (non-hydrogen) atoms. The van der Waals surface area contributed by atoms with Crippen molar-refractivity contribution in [2.75, 3.05) is 6.61 Å². The molecule has 114 valence electrons. The van der Waals surface area contributed by atoms with Gasteiger partial charge in [-0.2, -0.15) is 0 Å². The maximum absolute atomic E-state index is 10.1. The Hall–Kier alpha value is -1.24. The van der Waals surface area contributed by atoms with E-state index < -0.39 is 8.07 Å². The highest BCUT2D eigenvalue weighted by Crippen LogP contribution is 2.42. The molecule has 0 bridgehead atoms. The number of hydrogen-bond donors (Lipinski definition) is 1. The van der Waals surface area contributed by atoms with Crippen molar-refractivity contribution >= 4 is 8.07 Å². The van der Waals surface area contributed by atoms with Crippen LogP contribution in [0, 0.1) is 23.7 Å². The molecule has 1 N–H and O–H groups in total. The molecule has 0 unspecified atom stereocenters. The van der Waals surface area contributed by atoms with Gasteiger partial charge in [0, 0.05) is 12.5 Å². The summed E-state index contributed by atoms with van der Waals surface area (Å²) in [5.74, 6) is 8.15. The van der Waals surface area contributed by atoms with E-state index in [1.54, 1.807) is 0 Å². The zero-order chi connectivity index (χ0) is 15.3. The van der Waals surface area contributed by atoms with Gasteiger partial charge in [0.25, 0.3) is 0 Å². The molecule has 0 aromatic heterocycles. The molecule has 0 spiro atoms. The monoisotopic (exact) mass is 302 g/mol. The van der Waals surface area contributed by atoms with Gasteiger partial charge in [0.15, 0.2) is 0 Å². The molecular formula is C18H26O2Si. The third kappa shape index (κ3) is 5.95. The molecule has 1 aliphatic carbocycles. The van der Waals surface area contributed by atoms with Crippen LogP contribution >= 0.6 is 0 Å². The Labute approximate surface area is 129 Å². The third-order valence-corrected chi connectivity index (χ3v) is 4.97. The SMILES string of the molecule is C[Si](C)(C)CC#CC[C@H](O)[C@H]1C[C@@H]1COc1ccccc1. The van der Waals surface area contributed by atoms with E-state index in [-0.39, 0.29) is 6.10 Å². The molecule has 1 aliphatic rings. The summed E-state index contributed by atoms with van der Waals surface area (Å²) >= 11 is 0. The lowest BCUT2D eigenvalue weighted by Gasteiger charge is -2.10. The highest BCUT2D eigenvalue weighted by Gasteiger charge is 2.42. The minimum absolute atomic E-state index is 0.288. The van der Waals surface area contributed by atoms with Gasteiger partial charge in [-0.15, -0.1) is 11.8 Å². The van der Waals surface area contributed by atoms with E-state index in [2.05, 4.69) is 31.5 Å². The summed E-state index contributed by atoms with van der Waals surface area (Å²) in [6.07, 6.45) is 1.38. The molecule has 3 atom stereocenters. The number of rotatable bonds is 6. The van der Waals surface area contributed by atoms with E-state index in [0.717, 1.165) is 18.2 Å². The van der Waals surface area contributed by atoms with Crippen molar-refractivity contribution < 1.29 is 9.84 Å². The largest absolute Gasteiger partial charge is 0.493 e. The zero-order valence-corrected chi connectivity index (χ0v) is 14.3. The maximum atomic E-state index is 10.1. The topological polar surface area (TPSA) is 29.5 Å². The van der Waals surface area contributed by atoms with Crippen LogP contribution in [0.5, 0.6) is 5.75 Å². The first kappa shape index (κ1) is 16.1. The number of ether oxygens (including phenoxy) is 1. The average Bonchev–Trinajstić information content (AvgIpc) is 3.21. The third-order valence-electron chi connectivity index (χ3n) is 3.73. The lowest BCUT2D eigenvalue weighted by atomic mass is 10.1. The smallest absolute Gasteiger partial charge is 0.119 e. The van der Waals surface area contributed by atoms with E-state index in [1.807, 2.05) is 30.3 Å². The lowest BCUT2D eigenvalue weighted by Crippen LogP contribution is -2.17. The van der Waals surface area contributed by atoms with Crippen molar-refractivity contribution in [1.82, 2.24) is 0 Å². The Balaban J connectivity index is 1.66. The van der Waals surface area contributed by atoms with Gasteiger partial charge in [-0.3, -0.25) is 0 Å². The van der Waals surface area contributed by atoms with Gasteiger partial charge in [0.1, 0.15) is 5.75 Å². The normalized spacial score (nSPS) is 22.1. The number of aliphatic hydroxyl groups excluding tert-OH is 1. The average molecular weight is 302 g/mol. The molecule has 0 heterocycles. The predicted molar refractivity (Wildman–Crippen MR) is 90.1 cm³/mol. The Kier molecular flexibility index (Phi) is 5.49. The van der Waals surface area contributed by atoms with E-state index in [0.29, 0.717) is 24.9 Å². The fourth-order valence-corrected chi connectivity index (χ4v) is 2.96. The molecule has 0 radical (unpaired) electrons. The van der Waals surface area contributed by atoms with Gasteiger partial charge in [0.2, 0.25) is 0 Å². The molecule has 2 rings (SSSR count). The van der Waals surface area contributed by atoms with Crippen LogP contribution in [0.25, 0.3) is 0 Å². The fraction of sp³-hybridized carbons (Fsp3) is 0.556. The standard InChI is InChI=1S/C18H26O2Si/c1-21(2,3)12-8-7-11-18(19)17-13-15(17)14-20-16-9-5-4-6-10-16/h4-6,9-10,15,17-19H,11-14H2,1-3H3/t15-,17+,18+/m1/s1. The van der Waals surface area contributed by atoms with E-state index in [4.69, 9.17) is 4.74 Å². The van der Waals surface area contributed by atoms with Crippen molar-refractivity contribution in [3.05, 3.63) is 30.3 Å². The van der Waals surface area contributed by atoms with Crippen molar-refractivity contribution in [2.24, 2.45) is 11.8 Å². The molecule has 0 amide bonds. The highest BCUT2D eigenvalue weighted by molar-refractivity contribution is 6.76. The molecule has 3 heteroatoms. The van der Waals surface area contributed by atoms with Crippen molar-refractivity contribution in [2.45, 2.75) is 44.6 Å². The first-order valence-corrected chi connectivity index (χ1v) is 11.5. The van der Waals surface area contributed by atoms with Crippen LogP contribution < -0.4 is 4.74 Å². The summed E-state index contributed by atoms with van der Waals surface area (Å²) in [5, 5.41) is 10.1. The summed E-state index contributed by atoms with van der Waals surface area (Å²) in [6.45, 7) is 7.65. The second kappa shape index (κ2) is 7.15. The van der Waals surface area contributed by atoms with Crippen LogP contribution in [0.4, 0.5) is 0 Å². The molecular weight excluding hydrogens is 276 g/mol. The van der Waals surface area contributed by atoms with E-state index in [1.165, 1.54) is 0 Å². The van der Waals surface area contributed by atoms with Crippen LogP contribution in [0.15, 0.2) is 30.3 Å². The van der Waals surface area contributed by atoms with Gasteiger partial charge in [0.05, 0.1) is 20.8 Å². The van der Waals surface area contributed by atoms with Gasteiger partial charge < -0.3 is 9.84 Å². The second-order valence-electron chi connectivity index (χ2n) is 7.15. The number of benzene rings is 1.